The summed E-state index contributed by atoms with van der Waals surface area (Å²) in [6, 6.07) is 12.7. The lowest BCUT2D eigenvalue weighted by Gasteiger charge is -2.20. The molecule has 0 fully saturated rings. The molecule has 106 valence electrons. The first kappa shape index (κ1) is 12.7. The van der Waals surface area contributed by atoms with Crippen LogP contribution in [0.3, 0.4) is 0 Å². The van der Waals surface area contributed by atoms with Gasteiger partial charge in [-0.05, 0) is 5.39 Å². The molecule has 0 radical (unpaired) electrons. The minimum Gasteiger partial charge on any atom is -0.504 e. The number of hydrogen-bond acceptors (Lipinski definition) is 3. The van der Waals surface area contributed by atoms with Gasteiger partial charge in [0.05, 0.1) is 5.56 Å². The SMILES string of the molecule is O=C1c2ccccc2C(=O)c2c1c(O)c(F)c1ccccc21. The smallest absolute Gasteiger partial charge is 0.198 e. The van der Waals surface area contributed by atoms with Crippen LogP contribution in [0.15, 0.2) is 48.5 Å². The summed E-state index contributed by atoms with van der Waals surface area (Å²) in [5.74, 6) is -2.56. The number of carbonyl (C=O) groups excluding carboxylic acids is 2. The van der Waals surface area contributed by atoms with Gasteiger partial charge in [-0.15, -0.1) is 0 Å². The van der Waals surface area contributed by atoms with E-state index in [9.17, 15) is 19.1 Å². The molecule has 0 aliphatic heterocycles. The van der Waals surface area contributed by atoms with Gasteiger partial charge in [0.25, 0.3) is 0 Å². The van der Waals surface area contributed by atoms with Crippen molar-refractivity contribution < 1.29 is 19.1 Å². The van der Waals surface area contributed by atoms with E-state index in [0.717, 1.165) is 0 Å². The highest BCUT2D eigenvalue weighted by molar-refractivity contribution is 6.33. The number of aromatic hydroxyl groups is 1. The van der Waals surface area contributed by atoms with Gasteiger partial charge in [-0.25, -0.2) is 4.39 Å². The van der Waals surface area contributed by atoms with E-state index in [1.54, 1.807) is 36.4 Å². The summed E-state index contributed by atoms with van der Waals surface area (Å²) in [5.41, 5.74) is 0.277. The van der Waals surface area contributed by atoms with Crippen LogP contribution in [0.5, 0.6) is 5.75 Å². The molecule has 1 aliphatic rings. The molecule has 0 heterocycles. The third-order valence-electron chi connectivity index (χ3n) is 4.00. The van der Waals surface area contributed by atoms with Crippen LogP contribution in [0.1, 0.15) is 31.8 Å². The Kier molecular flexibility index (Phi) is 2.45. The van der Waals surface area contributed by atoms with Crippen LogP contribution in [0.4, 0.5) is 4.39 Å². The van der Waals surface area contributed by atoms with E-state index < -0.39 is 17.3 Å². The van der Waals surface area contributed by atoms with Crippen molar-refractivity contribution in [3.63, 3.8) is 0 Å². The molecule has 3 aromatic carbocycles. The summed E-state index contributed by atoms with van der Waals surface area (Å²) in [6.45, 7) is 0. The topological polar surface area (TPSA) is 54.4 Å². The molecule has 1 aliphatic carbocycles. The van der Waals surface area contributed by atoms with Crippen LogP contribution < -0.4 is 0 Å². The average Bonchev–Trinajstić information content (AvgIpc) is 2.56. The summed E-state index contributed by atoms with van der Waals surface area (Å²) in [7, 11) is 0. The van der Waals surface area contributed by atoms with Gasteiger partial charge < -0.3 is 5.11 Å². The highest BCUT2D eigenvalue weighted by atomic mass is 19.1. The fraction of sp³-hybridized carbons (Fsp3) is 0. The molecule has 0 saturated carbocycles. The number of fused-ring (bicyclic) bond motifs is 4. The first-order valence-electron chi connectivity index (χ1n) is 6.73. The third kappa shape index (κ3) is 1.44. The highest BCUT2D eigenvalue weighted by Crippen LogP contribution is 2.39. The Bertz CT molecular complexity index is 989. The molecular weight excluding hydrogens is 283 g/mol. The fourth-order valence-corrected chi connectivity index (χ4v) is 2.99. The minimum absolute atomic E-state index is 0.0678. The van der Waals surface area contributed by atoms with Gasteiger partial charge in [-0.3, -0.25) is 9.59 Å². The number of benzene rings is 3. The van der Waals surface area contributed by atoms with E-state index in [4.69, 9.17) is 0 Å². The average molecular weight is 292 g/mol. The Hall–Kier alpha value is -3.01. The molecule has 3 nitrogen and oxygen atoms in total. The summed E-state index contributed by atoms with van der Waals surface area (Å²) in [5, 5.41) is 10.6. The van der Waals surface area contributed by atoms with E-state index in [1.807, 2.05) is 0 Å². The van der Waals surface area contributed by atoms with E-state index in [0.29, 0.717) is 5.39 Å². The second kappa shape index (κ2) is 4.24. The van der Waals surface area contributed by atoms with Gasteiger partial charge in [0.15, 0.2) is 23.1 Å². The van der Waals surface area contributed by atoms with Gasteiger partial charge in [-0.2, -0.15) is 0 Å². The Morgan fingerprint density at radius 2 is 1.23 bits per heavy atom. The maximum absolute atomic E-state index is 14.3. The van der Waals surface area contributed by atoms with E-state index >= 15 is 0 Å². The zero-order chi connectivity index (χ0) is 15.4. The molecule has 0 spiro atoms. The Balaban J connectivity index is 2.22. The monoisotopic (exact) mass is 292 g/mol. The summed E-state index contributed by atoms with van der Waals surface area (Å²) < 4.78 is 14.3. The van der Waals surface area contributed by atoms with Crippen molar-refractivity contribution in [2.75, 3.05) is 0 Å². The quantitative estimate of drug-likeness (QED) is 0.540. The lowest BCUT2D eigenvalue weighted by atomic mass is 9.81. The standard InChI is InChI=1S/C18H9FO3/c19-15-10-6-2-1-5-9(10)13-14(18(15)22)17(21)12-8-4-3-7-11(12)16(13)20/h1-8,22H. The lowest BCUT2D eigenvalue weighted by molar-refractivity contribution is 0.0977. The Labute approximate surface area is 124 Å². The number of rotatable bonds is 0. The van der Waals surface area contributed by atoms with Crippen molar-refractivity contribution in [1.82, 2.24) is 0 Å². The maximum Gasteiger partial charge on any atom is 0.198 e. The Morgan fingerprint density at radius 3 is 1.86 bits per heavy atom. The summed E-state index contributed by atoms with van der Waals surface area (Å²) in [6.07, 6.45) is 0. The van der Waals surface area contributed by atoms with Gasteiger partial charge in [-0.1, -0.05) is 48.5 Å². The van der Waals surface area contributed by atoms with Crippen LogP contribution in [-0.4, -0.2) is 16.7 Å². The predicted molar refractivity (Wildman–Crippen MR) is 78.9 cm³/mol. The zero-order valence-corrected chi connectivity index (χ0v) is 11.3. The first-order valence-corrected chi connectivity index (χ1v) is 6.73. The largest absolute Gasteiger partial charge is 0.504 e. The third-order valence-corrected chi connectivity index (χ3v) is 4.00. The van der Waals surface area contributed by atoms with E-state index in [-0.39, 0.29) is 33.4 Å². The molecule has 0 amide bonds. The second-order valence-electron chi connectivity index (χ2n) is 5.16. The number of phenols is 1. The van der Waals surface area contributed by atoms with Gasteiger partial charge >= 0.3 is 0 Å². The van der Waals surface area contributed by atoms with Gasteiger partial charge in [0.1, 0.15) is 0 Å². The molecule has 0 aromatic heterocycles. The molecule has 0 bridgehead atoms. The zero-order valence-electron chi connectivity index (χ0n) is 11.3. The number of halogens is 1. The minimum atomic E-state index is -0.880. The summed E-state index contributed by atoms with van der Waals surface area (Å²) >= 11 is 0. The van der Waals surface area contributed by atoms with Gasteiger partial charge in [0, 0.05) is 22.1 Å². The molecule has 22 heavy (non-hydrogen) atoms. The lowest BCUT2D eigenvalue weighted by Crippen LogP contribution is -2.21. The number of phenolic OH excluding ortho intramolecular Hbond substituents is 1. The van der Waals surface area contributed by atoms with Crippen molar-refractivity contribution >= 4 is 22.3 Å². The molecular formula is C18H9FO3. The van der Waals surface area contributed by atoms with Crippen LogP contribution in [0, 0.1) is 5.82 Å². The predicted octanol–water partition coefficient (Wildman–Crippen LogP) is 3.46. The van der Waals surface area contributed by atoms with Crippen molar-refractivity contribution in [2.45, 2.75) is 0 Å². The molecule has 0 unspecified atom stereocenters. The number of carbonyl (C=O) groups is 2. The van der Waals surface area contributed by atoms with Gasteiger partial charge in [0.2, 0.25) is 0 Å². The van der Waals surface area contributed by atoms with E-state index in [2.05, 4.69) is 0 Å². The fourth-order valence-electron chi connectivity index (χ4n) is 2.99. The molecule has 4 rings (SSSR count). The number of hydrogen-bond donors (Lipinski definition) is 1. The van der Waals surface area contributed by atoms with Crippen LogP contribution >= 0.6 is 0 Å². The number of ketones is 2. The second-order valence-corrected chi connectivity index (χ2v) is 5.16. The van der Waals surface area contributed by atoms with E-state index in [1.165, 1.54) is 12.1 Å². The molecule has 3 aromatic rings. The molecule has 1 N–H and O–H groups in total. The van der Waals surface area contributed by atoms with Crippen molar-refractivity contribution in [3.8, 4) is 5.75 Å². The normalized spacial score (nSPS) is 13.1. The van der Waals surface area contributed by atoms with Crippen molar-refractivity contribution in [1.29, 1.82) is 0 Å². The van der Waals surface area contributed by atoms with Crippen molar-refractivity contribution in [2.24, 2.45) is 0 Å². The van der Waals surface area contributed by atoms with Crippen LogP contribution in [0.2, 0.25) is 0 Å². The highest BCUT2D eigenvalue weighted by Gasteiger charge is 2.35. The van der Waals surface area contributed by atoms with Crippen molar-refractivity contribution in [3.05, 3.63) is 76.6 Å². The maximum atomic E-state index is 14.3. The molecule has 4 heteroatoms. The van der Waals surface area contributed by atoms with Crippen LogP contribution in [-0.2, 0) is 0 Å². The summed E-state index contributed by atoms with van der Waals surface area (Å²) in [4.78, 5) is 25.3. The molecule has 0 saturated heterocycles. The molecule has 0 atom stereocenters. The first-order chi connectivity index (χ1) is 10.6. The van der Waals surface area contributed by atoms with Crippen LogP contribution in [0.25, 0.3) is 10.8 Å². The Morgan fingerprint density at radius 1 is 0.727 bits per heavy atom.